The van der Waals surface area contributed by atoms with E-state index in [-0.39, 0.29) is 25.4 Å². The summed E-state index contributed by atoms with van der Waals surface area (Å²) < 4.78 is 8.96. The van der Waals surface area contributed by atoms with Crippen molar-refractivity contribution in [2.24, 2.45) is 0 Å². The van der Waals surface area contributed by atoms with Crippen LogP contribution in [-0.4, -0.2) is 50.1 Å². The minimum absolute atomic E-state index is 0.232. The van der Waals surface area contributed by atoms with Crippen LogP contribution in [0.4, 0.5) is 0 Å². The highest BCUT2D eigenvalue weighted by molar-refractivity contribution is 5.85. The fraction of sp³-hybridized carbons (Fsp3) is 0.615. The summed E-state index contributed by atoms with van der Waals surface area (Å²) in [5.74, 6) is 1.02. The van der Waals surface area contributed by atoms with Gasteiger partial charge in [0, 0.05) is 12.8 Å². The van der Waals surface area contributed by atoms with Crippen molar-refractivity contribution >= 4 is 17.8 Å². The first-order valence-electron chi connectivity index (χ1n) is 5.90. The van der Waals surface area contributed by atoms with E-state index in [0.29, 0.717) is 12.8 Å². The van der Waals surface area contributed by atoms with Crippen molar-refractivity contribution in [3.63, 3.8) is 0 Å². The molecule has 1 amide bonds. The zero-order valence-electron chi connectivity index (χ0n) is 11.3. The predicted octanol–water partition coefficient (Wildman–Crippen LogP) is 0.355. The molecule has 0 saturated heterocycles. The summed E-state index contributed by atoms with van der Waals surface area (Å²) in [6, 6.07) is 0. The number of unbranched alkanes of at least 4 members (excludes halogenated alkanes) is 2. The molecule has 0 heterocycles. The van der Waals surface area contributed by atoms with E-state index in [2.05, 4.69) is 15.4 Å². The summed E-state index contributed by atoms with van der Waals surface area (Å²) >= 11 is 0. The Kier molecular flexibility index (Phi) is 8.88. The fourth-order valence-electron chi connectivity index (χ4n) is 1.33. The van der Waals surface area contributed by atoms with Crippen LogP contribution in [0.25, 0.3) is 0 Å². The Hall–Kier alpha value is -2.03. The van der Waals surface area contributed by atoms with Crippen molar-refractivity contribution in [3.05, 3.63) is 0 Å². The van der Waals surface area contributed by atoms with Gasteiger partial charge in [0.2, 0.25) is 5.91 Å². The third-order valence-electron chi connectivity index (χ3n) is 2.41. The largest absolute Gasteiger partial charge is 0.468 e. The Morgan fingerprint density at radius 3 is 2.00 bits per heavy atom. The van der Waals surface area contributed by atoms with Crippen LogP contribution in [0, 0.1) is 12.3 Å². The third kappa shape index (κ3) is 7.82. The highest BCUT2D eigenvalue weighted by atomic mass is 16.5. The van der Waals surface area contributed by atoms with Crippen LogP contribution in [0.2, 0.25) is 0 Å². The quantitative estimate of drug-likeness (QED) is 0.361. The van der Waals surface area contributed by atoms with Crippen LogP contribution in [0.15, 0.2) is 0 Å². The van der Waals surface area contributed by atoms with E-state index < -0.39 is 11.9 Å². The van der Waals surface area contributed by atoms with Crippen LogP contribution in [-0.2, 0) is 23.9 Å². The molecule has 0 N–H and O–H groups in total. The number of amides is 1. The van der Waals surface area contributed by atoms with Crippen molar-refractivity contribution in [2.45, 2.75) is 25.7 Å². The number of esters is 2. The van der Waals surface area contributed by atoms with E-state index in [4.69, 9.17) is 6.42 Å². The number of carbonyl (C=O) groups is 3. The summed E-state index contributed by atoms with van der Waals surface area (Å²) in [6.07, 6.45) is 7.28. The molecule has 106 valence electrons. The molecule has 0 aromatic rings. The summed E-state index contributed by atoms with van der Waals surface area (Å²) in [4.78, 5) is 35.3. The van der Waals surface area contributed by atoms with Crippen LogP contribution in [0.3, 0.4) is 0 Å². The molecule has 0 aliphatic carbocycles. The Bertz CT molecular complexity index is 341. The van der Waals surface area contributed by atoms with Crippen LogP contribution in [0.5, 0.6) is 0 Å². The molecule has 0 spiro atoms. The van der Waals surface area contributed by atoms with Gasteiger partial charge in [-0.3, -0.25) is 14.4 Å². The van der Waals surface area contributed by atoms with Gasteiger partial charge < -0.3 is 14.4 Å². The van der Waals surface area contributed by atoms with E-state index in [9.17, 15) is 14.4 Å². The van der Waals surface area contributed by atoms with Gasteiger partial charge in [-0.1, -0.05) is 0 Å². The lowest BCUT2D eigenvalue weighted by atomic mass is 10.2. The normalized spacial score (nSPS) is 9.32. The zero-order valence-corrected chi connectivity index (χ0v) is 11.3. The summed E-state index contributed by atoms with van der Waals surface area (Å²) in [6.45, 7) is -0.529. The Balaban J connectivity index is 4.37. The highest BCUT2D eigenvalue weighted by Crippen LogP contribution is 2.04. The van der Waals surface area contributed by atoms with Crippen molar-refractivity contribution in [1.29, 1.82) is 0 Å². The van der Waals surface area contributed by atoms with Gasteiger partial charge in [-0.25, -0.2) is 0 Å². The van der Waals surface area contributed by atoms with Gasteiger partial charge in [0.05, 0.1) is 14.2 Å². The van der Waals surface area contributed by atoms with Gasteiger partial charge in [-0.15, -0.1) is 12.3 Å². The van der Waals surface area contributed by atoms with Gasteiger partial charge in [-0.05, 0) is 12.8 Å². The number of rotatable bonds is 8. The third-order valence-corrected chi connectivity index (χ3v) is 2.41. The molecule has 0 rings (SSSR count). The summed E-state index contributed by atoms with van der Waals surface area (Å²) in [5.41, 5.74) is 0. The van der Waals surface area contributed by atoms with E-state index >= 15 is 0 Å². The molecule has 6 nitrogen and oxygen atoms in total. The monoisotopic (exact) mass is 269 g/mol. The maximum absolute atomic E-state index is 11.9. The first-order chi connectivity index (χ1) is 9.04. The van der Waals surface area contributed by atoms with E-state index in [1.54, 1.807) is 0 Å². The topological polar surface area (TPSA) is 72.9 Å². The second-order valence-electron chi connectivity index (χ2n) is 3.81. The molecule has 0 atom stereocenters. The number of nitrogens with zero attached hydrogens (tertiary/aromatic N) is 1. The van der Waals surface area contributed by atoms with E-state index in [1.165, 1.54) is 14.2 Å². The molecule has 6 heteroatoms. The minimum Gasteiger partial charge on any atom is -0.468 e. The molecule has 0 aliphatic heterocycles. The van der Waals surface area contributed by atoms with Crippen LogP contribution in [0.1, 0.15) is 25.7 Å². The maximum Gasteiger partial charge on any atom is 0.325 e. The molecule has 0 aromatic carbocycles. The first kappa shape index (κ1) is 17.0. The first-order valence-corrected chi connectivity index (χ1v) is 5.90. The van der Waals surface area contributed by atoms with Gasteiger partial charge in [0.1, 0.15) is 13.1 Å². The SMILES string of the molecule is C#CCCCCC(=O)N(CC(=O)OC)CC(=O)OC. The van der Waals surface area contributed by atoms with Crippen molar-refractivity contribution < 1.29 is 23.9 Å². The lowest BCUT2D eigenvalue weighted by molar-refractivity contribution is -0.152. The fourth-order valence-corrected chi connectivity index (χ4v) is 1.33. The van der Waals surface area contributed by atoms with Gasteiger partial charge in [0.25, 0.3) is 0 Å². The molecule has 0 aliphatic rings. The number of terminal acetylenes is 1. The molecule has 0 radical (unpaired) electrons. The Morgan fingerprint density at radius 2 is 1.58 bits per heavy atom. The van der Waals surface area contributed by atoms with E-state index in [0.717, 1.165) is 11.3 Å². The Labute approximate surface area is 113 Å². The highest BCUT2D eigenvalue weighted by Gasteiger charge is 2.20. The lowest BCUT2D eigenvalue weighted by Gasteiger charge is -2.19. The second kappa shape index (κ2) is 9.95. The van der Waals surface area contributed by atoms with Crippen molar-refractivity contribution in [3.8, 4) is 12.3 Å². The Morgan fingerprint density at radius 1 is 1.05 bits per heavy atom. The summed E-state index contributed by atoms with van der Waals surface area (Å²) in [7, 11) is 2.44. The molecular weight excluding hydrogens is 250 g/mol. The predicted molar refractivity (Wildman–Crippen MR) is 67.9 cm³/mol. The molecule has 0 saturated carbocycles. The smallest absolute Gasteiger partial charge is 0.325 e. The van der Waals surface area contributed by atoms with Gasteiger partial charge in [0.15, 0.2) is 0 Å². The minimum atomic E-state index is -0.583. The molecule has 0 aromatic heterocycles. The molecule has 19 heavy (non-hydrogen) atoms. The zero-order chi connectivity index (χ0) is 14.7. The van der Waals surface area contributed by atoms with Crippen molar-refractivity contribution in [1.82, 2.24) is 4.90 Å². The van der Waals surface area contributed by atoms with Gasteiger partial charge in [-0.2, -0.15) is 0 Å². The van der Waals surface area contributed by atoms with Gasteiger partial charge >= 0.3 is 11.9 Å². The molecular formula is C13H19NO5. The average Bonchev–Trinajstić information content (AvgIpc) is 2.42. The number of methoxy groups -OCH3 is 2. The average molecular weight is 269 g/mol. The molecule has 0 unspecified atom stereocenters. The number of ether oxygens (including phenoxy) is 2. The molecule has 0 bridgehead atoms. The van der Waals surface area contributed by atoms with Crippen LogP contribution >= 0.6 is 0 Å². The number of carbonyl (C=O) groups excluding carboxylic acids is 3. The molecule has 0 fully saturated rings. The second-order valence-corrected chi connectivity index (χ2v) is 3.81. The number of hydrogen-bond acceptors (Lipinski definition) is 5. The number of hydrogen-bond donors (Lipinski definition) is 0. The van der Waals surface area contributed by atoms with E-state index in [1.807, 2.05) is 0 Å². The van der Waals surface area contributed by atoms with Crippen molar-refractivity contribution in [2.75, 3.05) is 27.3 Å². The standard InChI is InChI=1S/C13H19NO5/c1-4-5-6-7-8-11(15)14(9-12(16)18-2)10-13(17)19-3/h1H,5-10H2,2-3H3. The summed E-state index contributed by atoms with van der Waals surface area (Å²) in [5, 5.41) is 0. The van der Waals surface area contributed by atoms with Crippen LogP contribution < -0.4 is 0 Å². The lowest BCUT2D eigenvalue weighted by Crippen LogP contribution is -2.40. The maximum atomic E-state index is 11.9.